The smallest absolute Gasteiger partial charge is 0.143 e. The maximum Gasteiger partial charge on any atom is 0.143 e. The average Bonchev–Trinajstić information content (AvgIpc) is 3.31. The van der Waals surface area contributed by atoms with Crippen molar-refractivity contribution < 1.29 is 4.84 Å². The summed E-state index contributed by atoms with van der Waals surface area (Å²) >= 11 is 20.2. The predicted octanol–water partition coefficient (Wildman–Crippen LogP) is 6.68. The van der Waals surface area contributed by atoms with Crippen LogP contribution in [0.3, 0.4) is 0 Å². The molecule has 0 aliphatic rings. The highest BCUT2D eigenvalue weighted by molar-refractivity contribution is 7.17. The van der Waals surface area contributed by atoms with Gasteiger partial charge < -0.3 is 9.40 Å². The van der Waals surface area contributed by atoms with Crippen molar-refractivity contribution in [3.8, 4) is 0 Å². The molecule has 0 atom stereocenters. The molecule has 2 aromatic heterocycles. The van der Waals surface area contributed by atoms with Crippen LogP contribution in [0.5, 0.6) is 0 Å². The second-order valence-electron chi connectivity index (χ2n) is 6.07. The summed E-state index contributed by atoms with van der Waals surface area (Å²) in [5, 5.41) is 9.29. The molecule has 0 radical (unpaired) electrons. The third kappa shape index (κ3) is 4.33. The molecule has 4 rings (SSSR count). The van der Waals surface area contributed by atoms with Gasteiger partial charge in [0.1, 0.15) is 12.3 Å². The molecule has 0 spiro atoms. The number of thiophene rings is 1. The molecule has 28 heavy (non-hydrogen) atoms. The van der Waals surface area contributed by atoms with E-state index in [1.807, 2.05) is 35.0 Å². The standard InChI is InChI=1S/C20H14Cl3N3OS/c21-14-2-4-20-17(7-14)13(11-28-20)10-27-25-19(9-26-6-5-24-12-26)16-3-1-15(22)8-18(16)23/h1-8,11-12H,9-10H2/b25-19+. The van der Waals surface area contributed by atoms with E-state index in [0.29, 0.717) is 33.9 Å². The molecule has 2 aromatic carbocycles. The van der Waals surface area contributed by atoms with E-state index < -0.39 is 0 Å². The zero-order valence-electron chi connectivity index (χ0n) is 14.5. The summed E-state index contributed by atoms with van der Waals surface area (Å²) in [4.78, 5) is 9.77. The zero-order chi connectivity index (χ0) is 19.5. The molecule has 0 fully saturated rings. The lowest BCUT2D eigenvalue weighted by Crippen LogP contribution is -2.12. The second kappa shape index (κ2) is 8.53. The Labute approximate surface area is 180 Å². The van der Waals surface area contributed by atoms with Crippen molar-refractivity contribution >= 4 is 61.9 Å². The molecule has 2 heterocycles. The topological polar surface area (TPSA) is 39.4 Å². The number of fused-ring (bicyclic) bond motifs is 1. The summed E-state index contributed by atoms with van der Waals surface area (Å²) in [6.45, 7) is 0.802. The highest BCUT2D eigenvalue weighted by Crippen LogP contribution is 2.29. The molecular formula is C20H14Cl3N3OS. The Morgan fingerprint density at radius 2 is 1.93 bits per heavy atom. The molecule has 0 unspecified atom stereocenters. The Balaban J connectivity index is 1.60. The SMILES string of the molecule is Clc1ccc(/C(Cn2ccnc2)=N/OCc2csc3ccc(Cl)cc23)c(Cl)c1. The van der Waals surface area contributed by atoms with E-state index in [9.17, 15) is 0 Å². The molecular weight excluding hydrogens is 437 g/mol. The van der Waals surface area contributed by atoms with E-state index in [-0.39, 0.29) is 0 Å². The molecule has 142 valence electrons. The van der Waals surface area contributed by atoms with Gasteiger partial charge in [-0.2, -0.15) is 0 Å². The van der Waals surface area contributed by atoms with Crippen molar-refractivity contribution in [2.45, 2.75) is 13.2 Å². The molecule has 0 saturated carbocycles. The molecule has 4 nitrogen and oxygen atoms in total. The van der Waals surface area contributed by atoms with Crippen LogP contribution in [0.2, 0.25) is 15.1 Å². The Hall–Kier alpha value is -2.05. The third-order valence-corrected chi connectivity index (χ3v) is 5.94. The number of oxime groups is 1. The van der Waals surface area contributed by atoms with Gasteiger partial charge >= 0.3 is 0 Å². The van der Waals surface area contributed by atoms with Crippen LogP contribution in [0, 0.1) is 0 Å². The van der Waals surface area contributed by atoms with Gasteiger partial charge in [-0.1, -0.05) is 40.0 Å². The quantitative estimate of drug-likeness (QED) is 0.243. The highest BCUT2D eigenvalue weighted by Gasteiger charge is 2.12. The number of aromatic nitrogens is 2. The fraction of sp³-hybridized carbons (Fsp3) is 0.100. The number of rotatable bonds is 6. The number of hydrogen-bond donors (Lipinski definition) is 0. The van der Waals surface area contributed by atoms with Crippen molar-refractivity contribution in [3.63, 3.8) is 0 Å². The molecule has 8 heteroatoms. The van der Waals surface area contributed by atoms with Crippen LogP contribution in [0.1, 0.15) is 11.1 Å². The minimum atomic E-state index is 0.332. The number of nitrogens with zero attached hydrogens (tertiary/aromatic N) is 3. The lowest BCUT2D eigenvalue weighted by molar-refractivity contribution is 0.131. The van der Waals surface area contributed by atoms with Crippen molar-refractivity contribution in [1.29, 1.82) is 0 Å². The van der Waals surface area contributed by atoms with Crippen LogP contribution >= 0.6 is 46.1 Å². The van der Waals surface area contributed by atoms with Crippen LogP contribution in [0.15, 0.2) is 65.7 Å². The van der Waals surface area contributed by atoms with E-state index in [1.165, 1.54) is 0 Å². The van der Waals surface area contributed by atoms with Crippen LogP contribution in [-0.2, 0) is 18.0 Å². The summed E-state index contributed by atoms with van der Waals surface area (Å²) in [5.74, 6) is 0. The van der Waals surface area contributed by atoms with Crippen LogP contribution in [0.4, 0.5) is 0 Å². The molecule has 0 N–H and O–H groups in total. The van der Waals surface area contributed by atoms with Gasteiger partial charge in [-0.05, 0) is 41.8 Å². The van der Waals surface area contributed by atoms with Crippen LogP contribution in [-0.4, -0.2) is 15.3 Å². The lowest BCUT2D eigenvalue weighted by Gasteiger charge is -2.10. The molecule has 0 aliphatic heterocycles. The summed E-state index contributed by atoms with van der Waals surface area (Å²) in [5.41, 5.74) is 2.48. The first-order valence-electron chi connectivity index (χ1n) is 8.36. The number of benzene rings is 2. The Kier molecular flexibility index (Phi) is 5.87. The third-order valence-electron chi connectivity index (χ3n) is 4.14. The van der Waals surface area contributed by atoms with Crippen molar-refractivity contribution in [2.75, 3.05) is 0 Å². The summed E-state index contributed by atoms with van der Waals surface area (Å²) < 4.78 is 3.05. The largest absolute Gasteiger partial charge is 0.391 e. The molecule has 4 aromatic rings. The van der Waals surface area contributed by atoms with E-state index >= 15 is 0 Å². The molecule has 0 saturated heterocycles. The van der Waals surface area contributed by atoms with Gasteiger partial charge in [-0.25, -0.2) is 4.98 Å². The van der Waals surface area contributed by atoms with E-state index in [4.69, 9.17) is 39.6 Å². The van der Waals surface area contributed by atoms with Gasteiger partial charge in [0.25, 0.3) is 0 Å². The Morgan fingerprint density at radius 3 is 2.71 bits per heavy atom. The predicted molar refractivity (Wildman–Crippen MR) is 117 cm³/mol. The van der Waals surface area contributed by atoms with Crippen LogP contribution in [0.25, 0.3) is 10.1 Å². The summed E-state index contributed by atoms with van der Waals surface area (Å²) in [6, 6.07) is 11.1. The molecule has 0 amide bonds. The Morgan fingerprint density at radius 1 is 1.11 bits per heavy atom. The first-order valence-corrected chi connectivity index (χ1v) is 10.4. The fourth-order valence-corrected chi connectivity index (χ4v) is 4.40. The summed E-state index contributed by atoms with van der Waals surface area (Å²) in [7, 11) is 0. The van der Waals surface area contributed by atoms with Gasteiger partial charge in [-0.15, -0.1) is 11.3 Å². The first-order chi connectivity index (χ1) is 13.6. The van der Waals surface area contributed by atoms with Gasteiger partial charge in [0, 0.05) is 43.7 Å². The average molecular weight is 451 g/mol. The van der Waals surface area contributed by atoms with Crippen molar-refractivity contribution in [1.82, 2.24) is 9.55 Å². The first kappa shape index (κ1) is 19.3. The van der Waals surface area contributed by atoms with Crippen molar-refractivity contribution in [3.05, 3.63) is 86.7 Å². The maximum absolute atomic E-state index is 6.38. The summed E-state index contributed by atoms with van der Waals surface area (Å²) in [6.07, 6.45) is 5.28. The number of halogens is 3. The highest BCUT2D eigenvalue weighted by atomic mass is 35.5. The van der Waals surface area contributed by atoms with Gasteiger partial charge in [-0.3, -0.25) is 0 Å². The second-order valence-corrected chi connectivity index (χ2v) is 8.26. The fourth-order valence-electron chi connectivity index (χ4n) is 2.79. The lowest BCUT2D eigenvalue weighted by atomic mass is 10.1. The van der Waals surface area contributed by atoms with Crippen LogP contribution < -0.4 is 0 Å². The number of imidazole rings is 1. The monoisotopic (exact) mass is 449 g/mol. The van der Waals surface area contributed by atoms with Gasteiger partial charge in [0.05, 0.1) is 17.9 Å². The minimum absolute atomic E-state index is 0.332. The van der Waals surface area contributed by atoms with E-state index in [0.717, 1.165) is 21.2 Å². The van der Waals surface area contributed by atoms with E-state index in [2.05, 4.69) is 15.5 Å². The minimum Gasteiger partial charge on any atom is -0.391 e. The molecule has 0 aliphatic carbocycles. The Bertz CT molecular complexity index is 1140. The maximum atomic E-state index is 6.38. The van der Waals surface area contributed by atoms with Crippen molar-refractivity contribution in [2.24, 2.45) is 5.16 Å². The zero-order valence-corrected chi connectivity index (χ0v) is 17.6. The molecule has 0 bridgehead atoms. The number of hydrogen-bond acceptors (Lipinski definition) is 4. The van der Waals surface area contributed by atoms with Gasteiger partial charge in [0.15, 0.2) is 0 Å². The normalized spacial score (nSPS) is 11.9. The van der Waals surface area contributed by atoms with Gasteiger partial charge in [0.2, 0.25) is 0 Å². The van der Waals surface area contributed by atoms with E-state index in [1.54, 1.807) is 36.0 Å².